The Hall–Kier alpha value is -2.97. The fourth-order valence-corrected chi connectivity index (χ4v) is 5.85. The number of aryl methyl sites for hydroxylation is 2. The zero-order valence-electron chi connectivity index (χ0n) is 17.8. The fourth-order valence-electron chi connectivity index (χ4n) is 3.89. The number of halogens is 1. The summed E-state index contributed by atoms with van der Waals surface area (Å²) in [6, 6.07) is 18.3. The summed E-state index contributed by atoms with van der Waals surface area (Å²) in [6.45, 7) is 3.87. The fraction of sp³-hybridized carbons (Fsp3) is 0.208. The molecule has 0 amide bonds. The van der Waals surface area contributed by atoms with Gasteiger partial charge in [0.15, 0.2) is 5.11 Å². The van der Waals surface area contributed by atoms with E-state index in [0.29, 0.717) is 34.9 Å². The zero-order valence-corrected chi connectivity index (χ0v) is 19.4. The lowest BCUT2D eigenvalue weighted by Crippen LogP contribution is -2.42. The van der Waals surface area contributed by atoms with Gasteiger partial charge in [-0.15, -0.1) is 0 Å². The smallest absolute Gasteiger partial charge is 0.264 e. The average molecular weight is 470 g/mol. The summed E-state index contributed by atoms with van der Waals surface area (Å²) >= 11 is 5.36. The number of sulfonamides is 1. The molecule has 1 heterocycles. The van der Waals surface area contributed by atoms with Crippen LogP contribution in [0.25, 0.3) is 0 Å². The largest absolute Gasteiger partial charge is 0.332 e. The van der Waals surface area contributed by atoms with Crippen molar-refractivity contribution in [3.05, 3.63) is 83.7 Å². The van der Waals surface area contributed by atoms with Gasteiger partial charge in [-0.05, 0) is 105 Å². The van der Waals surface area contributed by atoms with Gasteiger partial charge in [0.05, 0.1) is 10.6 Å². The maximum absolute atomic E-state index is 13.7. The predicted molar refractivity (Wildman–Crippen MR) is 131 cm³/mol. The molecule has 0 unspecified atom stereocenters. The Morgan fingerprint density at radius 3 is 2.47 bits per heavy atom. The van der Waals surface area contributed by atoms with Crippen LogP contribution in [-0.4, -0.2) is 19.6 Å². The number of rotatable bonds is 4. The molecule has 0 fully saturated rings. The molecule has 0 saturated heterocycles. The highest BCUT2D eigenvalue weighted by atomic mass is 32.2. The van der Waals surface area contributed by atoms with E-state index in [1.165, 1.54) is 16.4 Å². The van der Waals surface area contributed by atoms with Crippen LogP contribution >= 0.6 is 12.2 Å². The maximum atomic E-state index is 13.7. The Balaban J connectivity index is 1.53. The van der Waals surface area contributed by atoms with Crippen molar-refractivity contribution in [3.63, 3.8) is 0 Å². The van der Waals surface area contributed by atoms with Gasteiger partial charge in [-0.1, -0.05) is 12.1 Å². The van der Waals surface area contributed by atoms with Gasteiger partial charge in [-0.2, -0.15) is 0 Å². The van der Waals surface area contributed by atoms with Gasteiger partial charge >= 0.3 is 0 Å². The van der Waals surface area contributed by atoms with E-state index in [0.717, 1.165) is 11.3 Å². The van der Waals surface area contributed by atoms with Crippen LogP contribution in [0.2, 0.25) is 0 Å². The summed E-state index contributed by atoms with van der Waals surface area (Å²) in [5, 5.41) is 6.59. The molecule has 0 radical (unpaired) electrons. The molecule has 4 rings (SSSR count). The first-order valence-electron chi connectivity index (χ1n) is 10.3. The lowest BCUT2D eigenvalue weighted by molar-refractivity contribution is 0.560. The molecule has 1 aliphatic heterocycles. The van der Waals surface area contributed by atoms with Crippen LogP contribution in [-0.2, 0) is 16.4 Å². The molecule has 8 heteroatoms. The lowest BCUT2D eigenvalue weighted by atomic mass is 9.99. The topological polar surface area (TPSA) is 61.4 Å². The van der Waals surface area contributed by atoms with Crippen LogP contribution < -0.4 is 14.9 Å². The third kappa shape index (κ3) is 4.61. The Morgan fingerprint density at radius 2 is 1.75 bits per heavy atom. The van der Waals surface area contributed by atoms with E-state index in [1.54, 1.807) is 30.3 Å². The molecule has 32 heavy (non-hydrogen) atoms. The molecule has 0 spiro atoms. The average Bonchev–Trinajstić information content (AvgIpc) is 2.74. The normalized spacial score (nSPS) is 15.7. The van der Waals surface area contributed by atoms with Gasteiger partial charge in [0.2, 0.25) is 0 Å². The minimum Gasteiger partial charge on any atom is -0.332 e. The molecule has 0 aromatic heterocycles. The van der Waals surface area contributed by atoms with E-state index in [-0.39, 0.29) is 16.8 Å². The van der Waals surface area contributed by atoms with E-state index in [4.69, 9.17) is 12.2 Å². The minimum atomic E-state index is -3.80. The molecular weight excluding hydrogens is 445 g/mol. The van der Waals surface area contributed by atoms with Crippen molar-refractivity contribution >= 4 is 44.4 Å². The van der Waals surface area contributed by atoms with Crippen LogP contribution in [0.1, 0.15) is 24.5 Å². The van der Waals surface area contributed by atoms with Crippen LogP contribution in [0.4, 0.5) is 21.5 Å². The molecule has 3 aromatic rings. The van der Waals surface area contributed by atoms with Crippen LogP contribution in [0.3, 0.4) is 0 Å². The number of benzene rings is 3. The van der Waals surface area contributed by atoms with Crippen LogP contribution in [0.15, 0.2) is 71.6 Å². The maximum Gasteiger partial charge on any atom is 0.264 e. The molecular formula is C24H24FN3O2S2. The van der Waals surface area contributed by atoms with Crippen molar-refractivity contribution in [1.82, 2.24) is 0 Å². The second-order valence-electron chi connectivity index (χ2n) is 7.93. The summed E-state index contributed by atoms with van der Waals surface area (Å²) in [4.78, 5) is 0.171. The summed E-state index contributed by atoms with van der Waals surface area (Å²) in [6.07, 6.45) is 1.28. The SMILES string of the molecule is Cc1cccc(NC(=S)Nc2ccc(S(=O)(=O)N3c4ccc(F)cc4CC[C@@H]3C)cc2)c1. The van der Waals surface area contributed by atoms with Gasteiger partial charge in [0.1, 0.15) is 5.82 Å². The Labute approximate surface area is 193 Å². The van der Waals surface area contributed by atoms with Gasteiger partial charge in [0, 0.05) is 17.4 Å². The third-order valence-corrected chi connectivity index (χ3v) is 7.60. The lowest BCUT2D eigenvalue weighted by Gasteiger charge is -2.36. The van der Waals surface area contributed by atoms with Crippen molar-refractivity contribution in [2.45, 2.75) is 37.6 Å². The summed E-state index contributed by atoms with van der Waals surface area (Å²) in [5.41, 5.74) is 3.90. The van der Waals surface area contributed by atoms with Crippen molar-refractivity contribution in [1.29, 1.82) is 0 Å². The molecule has 0 aliphatic carbocycles. The Bertz CT molecular complexity index is 1260. The van der Waals surface area contributed by atoms with E-state index in [2.05, 4.69) is 10.6 Å². The second kappa shape index (κ2) is 8.88. The number of anilines is 3. The number of hydrogen-bond acceptors (Lipinski definition) is 3. The molecule has 0 saturated carbocycles. The van der Waals surface area contributed by atoms with E-state index in [1.807, 2.05) is 38.1 Å². The van der Waals surface area contributed by atoms with Crippen LogP contribution in [0.5, 0.6) is 0 Å². The van der Waals surface area contributed by atoms with E-state index >= 15 is 0 Å². The van der Waals surface area contributed by atoms with Gasteiger partial charge < -0.3 is 10.6 Å². The summed E-state index contributed by atoms with van der Waals surface area (Å²) in [5.74, 6) is -0.360. The highest BCUT2D eigenvalue weighted by Crippen LogP contribution is 2.35. The van der Waals surface area contributed by atoms with Gasteiger partial charge in [0.25, 0.3) is 10.0 Å². The van der Waals surface area contributed by atoms with Crippen molar-refractivity contribution in [2.75, 3.05) is 14.9 Å². The van der Waals surface area contributed by atoms with Gasteiger partial charge in [-0.25, -0.2) is 12.8 Å². The highest BCUT2D eigenvalue weighted by Gasteiger charge is 2.33. The van der Waals surface area contributed by atoms with E-state index in [9.17, 15) is 12.8 Å². The predicted octanol–water partition coefficient (Wildman–Crippen LogP) is 5.47. The Kier molecular flexibility index (Phi) is 6.17. The molecule has 166 valence electrons. The van der Waals surface area contributed by atoms with Crippen molar-refractivity contribution in [3.8, 4) is 0 Å². The quantitative estimate of drug-likeness (QED) is 0.496. The third-order valence-electron chi connectivity index (χ3n) is 5.46. The monoisotopic (exact) mass is 469 g/mol. The molecule has 1 atom stereocenters. The molecule has 5 nitrogen and oxygen atoms in total. The number of nitrogens with zero attached hydrogens (tertiary/aromatic N) is 1. The zero-order chi connectivity index (χ0) is 22.9. The Morgan fingerprint density at radius 1 is 1.03 bits per heavy atom. The van der Waals surface area contributed by atoms with Crippen molar-refractivity contribution in [2.24, 2.45) is 0 Å². The number of hydrogen-bond donors (Lipinski definition) is 2. The number of fused-ring (bicyclic) bond motifs is 1. The summed E-state index contributed by atoms with van der Waals surface area (Å²) < 4.78 is 41.9. The first-order chi connectivity index (χ1) is 15.2. The standard InChI is InChI=1S/C24H24FN3O2S2/c1-16-4-3-5-21(14-16)27-24(31)26-20-9-11-22(12-10-20)32(29,30)28-17(2)6-7-18-15-19(25)8-13-23(18)28/h3-5,8-15,17H,6-7H2,1-2H3,(H2,26,27,31)/t17-/m0/s1. The van der Waals surface area contributed by atoms with Gasteiger partial charge in [-0.3, -0.25) is 4.31 Å². The van der Waals surface area contributed by atoms with Crippen LogP contribution in [0, 0.1) is 12.7 Å². The first-order valence-corrected chi connectivity index (χ1v) is 12.2. The molecule has 0 bridgehead atoms. The molecule has 3 aromatic carbocycles. The summed E-state index contributed by atoms with van der Waals surface area (Å²) in [7, 11) is -3.80. The number of thiocarbonyl (C=S) groups is 1. The second-order valence-corrected chi connectivity index (χ2v) is 10.2. The molecule has 2 N–H and O–H groups in total. The molecule has 1 aliphatic rings. The van der Waals surface area contributed by atoms with Crippen molar-refractivity contribution < 1.29 is 12.8 Å². The highest BCUT2D eigenvalue weighted by molar-refractivity contribution is 7.92. The first kappa shape index (κ1) is 22.2. The number of nitrogens with one attached hydrogen (secondary N) is 2. The van der Waals surface area contributed by atoms with E-state index < -0.39 is 10.0 Å². The minimum absolute atomic E-state index is 0.171.